The van der Waals surface area contributed by atoms with Crippen molar-refractivity contribution < 1.29 is 0 Å². The monoisotopic (exact) mass is 173 g/mol. The van der Waals surface area contributed by atoms with Crippen LogP contribution < -0.4 is 5.32 Å². The van der Waals surface area contributed by atoms with E-state index in [2.05, 4.69) is 10.4 Å². The Balaban J connectivity index is 2.32. The fourth-order valence-corrected chi connectivity index (χ4v) is 1.02. The minimum atomic E-state index is 0.500. The summed E-state index contributed by atoms with van der Waals surface area (Å²) in [5, 5.41) is 7.14. The number of hydrogen-bond acceptors (Lipinski definition) is 2. The Morgan fingerprint density at radius 3 is 3.09 bits per heavy atom. The predicted octanol–water partition coefficient (Wildman–Crippen LogP) is 0.977. The van der Waals surface area contributed by atoms with Crippen LogP contribution in [0.15, 0.2) is 12.3 Å². The van der Waals surface area contributed by atoms with Gasteiger partial charge in [0.1, 0.15) is 0 Å². The Morgan fingerprint density at radius 2 is 2.55 bits per heavy atom. The van der Waals surface area contributed by atoms with Crippen molar-refractivity contribution in [3.63, 3.8) is 0 Å². The van der Waals surface area contributed by atoms with Gasteiger partial charge in [-0.2, -0.15) is 5.10 Å². The zero-order valence-electron chi connectivity index (χ0n) is 6.55. The van der Waals surface area contributed by atoms with E-state index in [1.54, 1.807) is 6.20 Å². The van der Waals surface area contributed by atoms with Gasteiger partial charge in [0.2, 0.25) is 0 Å². The molecule has 0 aliphatic carbocycles. The van der Waals surface area contributed by atoms with Gasteiger partial charge in [0.05, 0.1) is 12.5 Å². The summed E-state index contributed by atoms with van der Waals surface area (Å²) in [5.41, 5.74) is 1.18. The highest BCUT2D eigenvalue weighted by Gasteiger charge is 1.94. The first-order valence-corrected chi connectivity index (χ1v) is 4.13. The van der Waals surface area contributed by atoms with Crippen LogP contribution in [-0.2, 0) is 6.54 Å². The summed E-state index contributed by atoms with van der Waals surface area (Å²) < 4.78 is 1.94. The summed E-state index contributed by atoms with van der Waals surface area (Å²) in [4.78, 5) is 0. The first-order chi connectivity index (χ1) is 5.34. The molecule has 0 saturated carbocycles. The van der Waals surface area contributed by atoms with Crippen molar-refractivity contribution >= 4 is 11.6 Å². The van der Waals surface area contributed by atoms with E-state index < -0.39 is 0 Å². The molecule has 0 amide bonds. The number of rotatable bonds is 4. The molecule has 0 unspecified atom stereocenters. The lowest BCUT2D eigenvalue weighted by molar-refractivity contribution is 0.567. The molecule has 3 nitrogen and oxygen atoms in total. The zero-order chi connectivity index (χ0) is 8.10. The SMILES string of the molecule is Cc1ccnn1CCNCCl. The number of halogens is 1. The van der Waals surface area contributed by atoms with Crippen LogP contribution in [0.25, 0.3) is 0 Å². The molecule has 0 spiro atoms. The molecule has 1 rings (SSSR count). The summed E-state index contributed by atoms with van der Waals surface area (Å²) in [6, 6.07) is 2.49. The van der Waals surface area contributed by atoms with E-state index in [1.807, 2.05) is 17.7 Å². The average molecular weight is 174 g/mol. The van der Waals surface area contributed by atoms with Crippen LogP contribution in [0.2, 0.25) is 0 Å². The number of aryl methyl sites for hydroxylation is 1. The Hall–Kier alpha value is -0.540. The van der Waals surface area contributed by atoms with Crippen molar-refractivity contribution in [2.45, 2.75) is 13.5 Å². The van der Waals surface area contributed by atoms with Crippen LogP contribution in [-0.4, -0.2) is 22.3 Å². The molecule has 0 radical (unpaired) electrons. The van der Waals surface area contributed by atoms with E-state index in [1.165, 1.54) is 5.69 Å². The van der Waals surface area contributed by atoms with Gasteiger partial charge in [-0.25, -0.2) is 0 Å². The molecule has 0 aliphatic heterocycles. The van der Waals surface area contributed by atoms with Gasteiger partial charge in [0.25, 0.3) is 0 Å². The Morgan fingerprint density at radius 1 is 1.73 bits per heavy atom. The lowest BCUT2D eigenvalue weighted by atomic mass is 10.5. The average Bonchev–Trinajstić information content (AvgIpc) is 2.37. The van der Waals surface area contributed by atoms with Gasteiger partial charge in [0.15, 0.2) is 0 Å². The smallest absolute Gasteiger partial charge is 0.0714 e. The molecular formula is C7H12ClN3. The van der Waals surface area contributed by atoms with Crippen molar-refractivity contribution in [1.29, 1.82) is 0 Å². The summed E-state index contributed by atoms with van der Waals surface area (Å²) in [7, 11) is 0. The second kappa shape index (κ2) is 4.36. The van der Waals surface area contributed by atoms with Crippen LogP contribution in [0.3, 0.4) is 0 Å². The van der Waals surface area contributed by atoms with Gasteiger partial charge >= 0.3 is 0 Å². The molecule has 0 saturated heterocycles. The van der Waals surface area contributed by atoms with Crippen molar-refractivity contribution in [2.24, 2.45) is 0 Å². The minimum Gasteiger partial charge on any atom is -0.302 e. The fraction of sp³-hybridized carbons (Fsp3) is 0.571. The number of alkyl halides is 1. The van der Waals surface area contributed by atoms with Gasteiger partial charge < -0.3 is 5.32 Å². The number of nitrogens with one attached hydrogen (secondary N) is 1. The van der Waals surface area contributed by atoms with Gasteiger partial charge in [-0.05, 0) is 13.0 Å². The third kappa shape index (κ3) is 2.52. The van der Waals surface area contributed by atoms with Gasteiger partial charge in [-0.3, -0.25) is 4.68 Å². The lowest BCUT2D eigenvalue weighted by Crippen LogP contribution is -2.19. The fourth-order valence-electron chi connectivity index (χ4n) is 0.885. The molecule has 1 N–H and O–H groups in total. The Labute approximate surface area is 71.4 Å². The van der Waals surface area contributed by atoms with Gasteiger partial charge in [-0.15, -0.1) is 11.6 Å². The second-order valence-electron chi connectivity index (χ2n) is 2.33. The largest absolute Gasteiger partial charge is 0.302 e. The zero-order valence-corrected chi connectivity index (χ0v) is 7.30. The molecule has 1 heterocycles. The van der Waals surface area contributed by atoms with Gasteiger partial charge in [-0.1, -0.05) is 0 Å². The maximum absolute atomic E-state index is 5.44. The Kier molecular flexibility index (Phi) is 3.39. The van der Waals surface area contributed by atoms with Crippen LogP contribution in [0.5, 0.6) is 0 Å². The first-order valence-electron chi connectivity index (χ1n) is 3.59. The first kappa shape index (κ1) is 8.56. The topological polar surface area (TPSA) is 29.9 Å². The summed E-state index contributed by atoms with van der Waals surface area (Å²) in [5.74, 6) is 0. The molecule has 4 heteroatoms. The van der Waals surface area contributed by atoms with Crippen LogP contribution >= 0.6 is 11.6 Å². The molecule has 0 atom stereocenters. The molecule has 62 valence electrons. The van der Waals surface area contributed by atoms with E-state index in [4.69, 9.17) is 11.6 Å². The molecule has 11 heavy (non-hydrogen) atoms. The molecule has 0 fully saturated rings. The van der Waals surface area contributed by atoms with E-state index in [9.17, 15) is 0 Å². The van der Waals surface area contributed by atoms with E-state index in [0.717, 1.165) is 13.1 Å². The number of aromatic nitrogens is 2. The minimum absolute atomic E-state index is 0.500. The molecule has 0 bridgehead atoms. The molecule has 1 aromatic rings. The second-order valence-corrected chi connectivity index (χ2v) is 2.60. The van der Waals surface area contributed by atoms with Crippen LogP contribution in [0, 0.1) is 6.92 Å². The predicted molar refractivity (Wildman–Crippen MR) is 45.7 cm³/mol. The molecular weight excluding hydrogens is 162 g/mol. The van der Waals surface area contributed by atoms with E-state index >= 15 is 0 Å². The number of nitrogens with zero attached hydrogens (tertiary/aromatic N) is 2. The maximum Gasteiger partial charge on any atom is 0.0714 e. The third-order valence-electron chi connectivity index (χ3n) is 1.52. The summed E-state index contributed by atoms with van der Waals surface area (Å²) >= 11 is 5.44. The Bertz CT molecular complexity index is 209. The molecule has 0 aliphatic rings. The van der Waals surface area contributed by atoms with Crippen molar-refractivity contribution in [1.82, 2.24) is 15.1 Å². The van der Waals surface area contributed by atoms with Crippen LogP contribution in [0.4, 0.5) is 0 Å². The normalized spacial score (nSPS) is 10.4. The maximum atomic E-state index is 5.44. The third-order valence-corrected chi connectivity index (χ3v) is 1.71. The summed E-state index contributed by atoms with van der Waals surface area (Å²) in [6.07, 6.45) is 1.80. The van der Waals surface area contributed by atoms with Crippen molar-refractivity contribution in [3.05, 3.63) is 18.0 Å². The molecule has 1 aromatic heterocycles. The molecule has 0 aromatic carbocycles. The van der Waals surface area contributed by atoms with Crippen molar-refractivity contribution in [2.75, 3.05) is 12.5 Å². The highest BCUT2D eigenvalue weighted by atomic mass is 35.5. The van der Waals surface area contributed by atoms with Crippen molar-refractivity contribution in [3.8, 4) is 0 Å². The number of hydrogen-bond donors (Lipinski definition) is 1. The lowest BCUT2D eigenvalue weighted by Gasteiger charge is -2.03. The highest BCUT2D eigenvalue weighted by Crippen LogP contribution is 1.93. The standard InChI is InChI=1S/C7H12ClN3/c1-7-2-3-10-11(7)5-4-9-6-8/h2-3,9H,4-6H2,1H3. The van der Waals surface area contributed by atoms with Gasteiger partial charge in [0, 0.05) is 18.4 Å². The quantitative estimate of drug-likeness (QED) is 0.418. The van der Waals surface area contributed by atoms with E-state index in [0.29, 0.717) is 6.00 Å². The van der Waals surface area contributed by atoms with E-state index in [-0.39, 0.29) is 0 Å². The highest BCUT2D eigenvalue weighted by molar-refractivity contribution is 6.17. The van der Waals surface area contributed by atoms with Crippen LogP contribution in [0.1, 0.15) is 5.69 Å². The summed E-state index contributed by atoms with van der Waals surface area (Å²) in [6.45, 7) is 3.78.